The number of likely N-dealkylation sites (N-methyl/N-ethyl adjacent to an activating group) is 1. The first-order valence-corrected chi connectivity index (χ1v) is 14.8. The van der Waals surface area contributed by atoms with Crippen LogP contribution in [0.1, 0.15) is 75.3 Å². The zero-order valence-corrected chi connectivity index (χ0v) is 23.7. The number of benzene rings is 2. The number of ether oxygens (including phenoxy) is 2. The fourth-order valence-corrected chi connectivity index (χ4v) is 9.04. The number of aromatic nitrogens is 1. The molecule has 1 N–H and O–H groups in total. The highest BCUT2D eigenvalue weighted by Gasteiger charge is 2.65. The number of aromatic amines is 1. The third-order valence-electron chi connectivity index (χ3n) is 11.0. The first-order chi connectivity index (χ1) is 19.8. The molecule has 1 amide bonds. The summed E-state index contributed by atoms with van der Waals surface area (Å²) in [6.45, 7) is 4.19. The molecule has 2 aromatic carbocycles. The Bertz CT molecular complexity index is 1570. The van der Waals surface area contributed by atoms with Crippen LogP contribution in [0.2, 0.25) is 0 Å². The lowest BCUT2D eigenvalue weighted by molar-refractivity contribution is -0.0256. The molecule has 2 aliphatic carbocycles. The van der Waals surface area contributed by atoms with E-state index in [1.807, 2.05) is 11.0 Å². The van der Waals surface area contributed by atoms with Gasteiger partial charge in [-0.2, -0.15) is 0 Å². The van der Waals surface area contributed by atoms with Crippen molar-refractivity contribution >= 4 is 5.91 Å². The standard InChI is InChI=1S/C33H35F2N3O3/c1-17-23-16-24-25-14-19-4-5-26(40-3)30-27(19)33(24,8-11-37(25)2)31(41-30)29(23)36-28(17)32(39)38-9-6-18(7-10-38)20-12-21(34)15-22(35)13-20/h4-5,12-13,15,18,24-25,31,36H,6-11,14,16H2,1-3H3/t24-,25+,31-,33?/m0/s1. The lowest BCUT2D eigenvalue weighted by Crippen LogP contribution is -2.62. The molecule has 2 bridgehead atoms. The summed E-state index contributed by atoms with van der Waals surface area (Å²) < 4.78 is 40.3. The minimum Gasteiger partial charge on any atom is -0.493 e. The van der Waals surface area contributed by atoms with E-state index < -0.39 is 11.6 Å². The van der Waals surface area contributed by atoms with E-state index in [0.717, 1.165) is 54.6 Å². The Labute approximate surface area is 238 Å². The van der Waals surface area contributed by atoms with Crippen LogP contribution in [0, 0.1) is 24.5 Å². The second-order valence-corrected chi connectivity index (χ2v) is 12.8. The molecule has 4 atom stereocenters. The van der Waals surface area contributed by atoms with Crippen molar-refractivity contribution in [2.75, 3.05) is 33.8 Å². The molecule has 0 saturated carbocycles. The number of methoxy groups -OCH3 is 1. The number of halogens is 2. The van der Waals surface area contributed by atoms with E-state index in [4.69, 9.17) is 9.47 Å². The lowest BCUT2D eigenvalue weighted by Gasteiger charge is -2.57. The van der Waals surface area contributed by atoms with Gasteiger partial charge in [-0.3, -0.25) is 4.79 Å². The molecule has 8 rings (SSSR count). The van der Waals surface area contributed by atoms with Crippen LogP contribution in [0.5, 0.6) is 11.5 Å². The van der Waals surface area contributed by atoms with Crippen molar-refractivity contribution < 1.29 is 23.0 Å². The molecular formula is C33H35F2N3O3. The smallest absolute Gasteiger partial charge is 0.270 e. The number of hydrogen-bond acceptors (Lipinski definition) is 4. The molecular weight excluding hydrogens is 524 g/mol. The van der Waals surface area contributed by atoms with Crippen LogP contribution < -0.4 is 9.47 Å². The van der Waals surface area contributed by atoms with Crippen LogP contribution in [0.25, 0.3) is 0 Å². The maximum absolute atomic E-state index is 13.9. The molecule has 1 aromatic heterocycles. The maximum atomic E-state index is 13.9. The molecule has 3 aliphatic heterocycles. The van der Waals surface area contributed by atoms with E-state index >= 15 is 0 Å². The van der Waals surface area contributed by atoms with Crippen molar-refractivity contribution in [3.05, 3.63) is 81.2 Å². The summed E-state index contributed by atoms with van der Waals surface area (Å²) in [5.74, 6) is 0.994. The Morgan fingerprint density at radius 2 is 1.85 bits per heavy atom. The average Bonchev–Trinajstić information content (AvgIpc) is 3.48. The molecule has 2 fully saturated rings. The van der Waals surface area contributed by atoms with Crippen molar-refractivity contribution in [3.8, 4) is 11.5 Å². The van der Waals surface area contributed by atoms with Gasteiger partial charge in [0.1, 0.15) is 23.4 Å². The van der Waals surface area contributed by atoms with Crippen LogP contribution in [0.15, 0.2) is 30.3 Å². The number of carbonyl (C=O) groups is 1. The second-order valence-electron chi connectivity index (χ2n) is 12.8. The van der Waals surface area contributed by atoms with E-state index in [1.165, 1.54) is 28.8 Å². The monoisotopic (exact) mass is 559 g/mol. The predicted octanol–water partition coefficient (Wildman–Crippen LogP) is 5.43. The average molecular weight is 560 g/mol. The number of nitrogens with zero attached hydrogens (tertiary/aromatic N) is 2. The van der Waals surface area contributed by atoms with Crippen molar-refractivity contribution in [2.24, 2.45) is 5.92 Å². The minimum atomic E-state index is -0.553. The van der Waals surface area contributed by atoms with Gasteiger partial charge in [-0.05, 0) is 105 Å². The molecule has 8 heteroatoms. The largest absolute Gasteiger partial charge is 0.493 e. The molecule has 5 aliphatic rings. The number of nitrogens with one attached hydrogen (secondary N) is 1. The van der Waals surface area contributed by atoms with Gasteiger partial charge in [0.25, 0.3) is 5.91 Å². The molecule has 0 radical (unpaired) electrons. The number of H-pyrrole nitrogens is 1. The number of fused-ring (bicyclic) bond motifs is 2. The molecule has 2 saturated heterocycles. The van der Waals surface area contributed by atoms with Crippen molar-refractivity contribution in [3.63, 3.8) is 0 Å². The van der Waals surface area contributed by atoms with Gasteiger partial charge in [0, 0.05) is 36.2 Å². The van der Waals surface area contributed by atoms with Gasteiger partial charge in [-0.15, -0.1) is 0 Å². The van der Waals surface area contributed by atoms with Gasteiger partial charge in [-0.1, -0.05) is 6.07 Å². The van der Waals surface area contributed by atoms with Crippen LogP contribution in [0.3, 0.4) is 0 Å². The molecule has 6 nitrogen and oxygen atoms in total. The summed E-state index contributed by atoms with van der Waals surface area (Å²) in [6, 6.07) is 8.43. The van der Waals surface area contributed by atoms with Gasteiger partial charge in [-0.25, -0.2) is 8.78 Å². The van der Waals surface area contributed by atoms with Crippen molar-refractivity contribution in [1.29, 1.82) is 0 Å². The number of piperidine rings is 2. The lowest BCUT2D eigenvalue weighted by atomic mass is 9.51. The molecule has 214 valence electrons. The van der Waals surface area contributed by atoms with Gasteiger partial charge >= 0.3 is 0 Å². The molecule has 1 spiro atoms. The minimum absolute atomic E-state index is 0.00452. The topological polar surface area (TPSA) is 57.8 Å². The van der Waals surface area contributed by atoms with Crippen molar-refractivity contribution in [1.82, 2.24) is 14.8 Å². The molecule has 1 unspecified atom stereocenters. The Balaban J connectivity index is 1.13. The third kappa shape index (κ3) is 3.40. The Morgan fingerprint density at radius 3 is 2.59 bits per heavy atom. The predicted molar refractivity (Wildman–Crippen MR) is 150 cm³/mol. The van der Waals surface area contributed by atoms with Gasteiger partial charge in [0.05, 0.1) is 12.8 Å². The number of rotatable bonds is 3. The highest BCUT2D eigenvalue weighted by molar-refractivity contribution is 5.94. The summed E-state index contributed by atoms with van der Waals surface area (Å²) in [4.78, 5) is 22.0. The first-order valence-electron chi connectivity index (χ1n) is 14.8. The summed E-state index contributed by atoms with van der Waals surface area (Å²) in [5, 5.41) is 0. The summed E-state index contributed by atoms with van der Waals surface area (Å²) >= 11 is 0. The van der Waals surface area contributed by atoms with E-state index in [2.05, 4.69) is 29.9 Å². The highest BCUT2D eigenvalue weighted by Crippen LogP contribution is 2.67. The van der Waals surface area contributed by atoms with Crippen LogP contribution in [-0.2, 0) is 18.3 Å². The molecule has 4 heterocycles. The Kier molecular flexibility index (Phi) is 5.44. The fourth-order valence-electron chi connectivity index (χ4n) is 9.04. The van der Waals surface area contributed by atoms with E-state index in [1.54, 1.807) is 7.11 Å². The Morgan fingerprint density at radius 1 is 1.10 bits per heavy atom. The summed E-state index contributed by atoms with van der Waals surface area (Å²) in [5.41, 5.74) is 7.17. The number of amides is 1. The van der Waals surface area contributed by atoms with Crippen molar-refractivity contribution in [2.45, 2.75) is 62.5 Å². The van der Waals surface area contributed by atoms with Gasteiger partial charge < -0.3 is 24.3 Å². The van der Waals surface area contributed by atoms with E-state index in [0.29, 0.717) is 49.1 Å². The number of likely N-dealkylation sites (tertiary alicyclic amines) is 2. The Hall–Kier alpha value is -3.39. The first kappa shape index (κ1) is 25.3. The molecule has 3 aromatic rings. The van der Waals surface area contributed by atoms with Gasteiger partial charge in [0.15, 0.2) is 11.5 Å². The zero-order valence-electron chi connectivity index (χ0n) is 23.7. The highest BCUT2D eigenvalue weighted by atomic mass is 19.1. The van der Waals surface area contributed by atoms with E-state index in [9.17, 15) is 13.6 Å². The summed E-state index contributed by atoms with van der Waals surface area (Å²) in [6.07, 6.45) is 4.11. The fraction of sp³-hybridized carbons (Fsp3) is 0.485. The van der Waals surface area contributed by atoms with Gasteiger partial charge in [0.2, 0.25) is 0 Å². The zero-order chi connectivity index (χ0) is 28.2. The third-order valence-corrected chi connectivity index (χ3v) is 11.0. The quantitative estimate of drug-likeness (QED) is 0.465. The van der Waals surface area contributed by atoms with Crippen LogP contribution in [-0.4, -0.2) is 60.5 Å². The number of hydrogen-bond donors (Lipinski definition) is 1. The SMILES string of the molecule is COc1ccc2c3c1O[C@H]1c4[nH]c(C(=O)N5CCC(c6cc(F)cc(F)c6)CC5)c(C)c4C[C@H]4[C@@H](C2)N(C)CCC314. The number of carbonyl (C=O) groups excluding carboxylic acids is 1. The van der Waals surface area contributed by atoms with Crippen LogP contribution >= 0.6 is 0 Å². The second kappa shape index (κ2) is 8.81. The normalized spacial score (nSPS) is 28.2. The molecule has 41 heavy (non-hydrogen) atoms. The summed E-state index contributed by atoms with van der Waals surface area (Å²) in [7, 11) is 3.95. The van der Waals surface area contributed by atoms with Crippen LogP contribution in [0.4, 0.5) is 8.78 Å². The maximum Gasteiger partial charge on any atom is 0.270 e. The van der Waals surface area contributed by atoms with E-state index in [-0.39, 0.29) is 23.3 Å².